The van der Waals surface area contributed by atoms with Gasteiger partial charge < -0.3 is 10.6 Å². The first kappa shape index (κ1) is 15.3. The molecule has 0 bridgehead atoms. The van der Waals surface area contributed by atoms with E-state index in [9.17, 15) is 4.79 Å². The molecule has 2 heterocycles. The topological polar surface area (TPSA) is 71.8 Å². The van der Waals surface area contributed by atoms with Gasteiger partial charge in [-0.15, -0.1) is 5.10 Å². The number of amides is 1. The summed E-state index contributed by atoms with van der Waals surface area (Å²) in [5.41, 5.74) is 0.420. The predicted octanol–water partition coefficient (Wildman–Crippen LogP) is 1.07. The largest absolute Gasteiger partial charge is 0.347 e. The minimum Gasteiger partial charge on any atom is -0.347 e. The highest BCUT2D eigenvalue weighted by Crippen LogP contribution is 2.17. The average Bonchev–Trinajstić information content (AvgIpc) is 2.97. The highest BCUT2D eigenvalue weighted by molar-refractivity contribution is 7.98. The molecule has 2 rings (SSSR count). The lowest BCUT2D eigenvalue weighted by Crippen LogP contribution is -2.36. The fourth-order valence-electron chi connectivity index (χ4n) is 2.35. The fraction of sp³-hybridized carbons (Fsp3) is 0.769. The second-order valence-corrected chi connectivity index (χ2v) is 6.01. The van der Waals surface area contributed by atoms with Crippen LogP contribution < -0.4 is 10.6 Å². The summed E-state index contributed by atoms with van der Waals surface area (Å²) in [6.45, 7) is 4.07. The van der Waals surface area contributed by atoms with Gasteiger partial charge in [0.25, 0.3) is 5.91 Å². The quantitative estimate of drug-likeness (QED) is 0.822. The van der Waals surface area contributed by atoms with Crippen molar-refractivity contribution in [1.82, 2.24) is 25.6 Å². The third-order valence-electron chi connectivity index (χ3n) is 3.62. The van der Waals surface area contributed by atoms with Gasteiger partial charge in [0.2, 0.25) is 0 Å². The molecule has 1 fully saturated rings. The zero-order chi connectivity index (χ0) is 14.4. The van der Waals surface area contributed by atoms with Crippen molar-refractivity contribution >= 4 is 17.7 Å². The second kappa shape index (κ2) is 7.64. The highest BCUT2D eigenvalue weighted by atomic mass is 32.2. The Morgan fingerprint density at radius 1 is 1.60 bits per heavy atom. The molecule has 0 spiro atoms. The van der Waals surface area contributed by atoms with Gasteiger partial charge in [-0.2, -0.15) is 11.8 Å². The predicted molar refractivity (Wildman–Crippen MR) is 81.1 cm³/mol. The number of carbonyl (C=O) groups excluding carboxylic acids is 1. The minimum absolute atomic E-state index is 0.119. The Morgan fingerprint density at radius 2 is 2.35 bits per heavy atom. The van der Waals surface area contributed by atoms with Crippen LogP contribution in [-0.4, -0.2) is 52.0 Å². The number of carbonyl (C=O) groups is 1. The van der Waals surface area contributed by atoms with Gasteiger partial charge >= 0.3 is 0 Å². The van der Waals surface area contributed by atoms with Crippen LogP contribution in [0.15, 0.2) is 6.20 Å². The van der Waals surface area contributed by atoms with Gasteiger partial charge in [0.1, 0.15) is 0 Å². The number of aromatic nitrogens is 3. The number of hydrogen-bond acceptors (Lipinski definition) is 5. The molecular formula is C13H23N5OS. The number of hydrogen-bond donors (Lipinski definition) is 2. The standard InChI is InChI=1S/C13H23N5OS/c1-3-10(9-20-2)15-13(19)12-8-18(17-16-12)11-4-6-14-7-5-11/h8,10-11,14H,3-7,9H2,1-2H3,(H,15,19). The molecule has 1 saturated heterocycles. The fourth-order valence-corrected chi connectivity index (χ4v) is 3.07. The van der Waals surface area contributed by atoms with E-state index in [-0.39, 0.29) is 11.9 Å². The molecule has 7 heteroatoms. The molecule has 1 aliphatic heterocycles. The van der Waals surface area contributed by atoms with Crippen molar-refractivity contribution in [2.45, 2.75) is 38.3 Å². The van der Waals surface area contributed by atoms with Crippen molar-refractivity contribution in [3.63, 3.8) is 0 Å². The summed E-state index contributed by atoms with van der Waals surface area (Å²) in [4.78, 5) is 12.1. The molecule has 1 aromatic rings. The molecule has 1 atom stereocenters. The Balaban J connectivity index is 1.95. The van der Waals surface area contributed by atoms with Crippen LogP contribution in [-0.2, 0) is 0 Å². The summed E-state index contributed by atoms with van der Waals surface area (Å²) in [6, 6.07) is 0.556. The van der Waals surface area contributed by atoms with E-state index in [1.54, 1.807) is 18.0 Å². The maximum Gasteiger partial charge on any atom is 0.273 e. The number of rotatable bonds is 6. The number of nitrogens with zero attached hydrogens (tertiary/aromatic N) is 3. The van der Waals surface area contributed by atoms with Crippen LogP contribution in [0.25, 0.3) is 0 Å². The van der Waals surface area contributed by atoms with Crippen LogP contribution in [0.4, 0.5) is 0 Å². The minimum atomic E-state index is -0.119. The lowest BCUT2D eigenvalue weighted by molar-refractivity contribution is 0.0935. The number of thioether (sulfide) groups is 1. The summed E-state index contributed by atoms with van der Waals surface area (Å²) in [5, 5.41) is 14.5. The van der Waals surface area contributed by atoms with E-state index in [0.29, 0.717) is 11.7 Å². The third kappa shape index (κ3) is 3.96. The molecule has 1 unspecified atom stereocenters. The van der Waals surface area contributed by atoms with Crippen LogP contribution in [0.2, 0.25) is 0 Å². The van der Waals surface area contributed by atoms with Crippen LogP contribution in [0.1, 0.15) is 42.7 Å². The monoisotopic (exact) mass is 297 g/mol. The molecule has 112 valence electrons. The Hall–Kier alpha value is -1.08. The van der Waals surface area contributed by atoms with Crippen molar-refractivity contribution in [2.24, 2.45) is 0 Å². The molecule has 2 N–H and O–H groups in total. The van der Waals surface area contributed by atoms with Crippen molar-refractivity contribution in [3.8, 4) is 0 Å². The zero-order valence-corrected chi connectivity index (χ0v) is 12.9. The first-order valence-corrected chi connectivity index (χ1v) is 8.56. The molecule has 0 aliphatic carbocycles. The van der Waals surface area contributed by atoms with E-state index in [4.69, 9.17) is 0 Å². The summed E-state index contributed by atoms with van der Waals surface area (Å²) in [7, 11) is 0. The van der Waals surface area contributed by atoms with Crippen molar-refractivity contribution in [3.05, 3.63) is 11.9 Å². The summed E-state index contributed by atoms with van der Waals surface area (Å²) >= 11 is 1.74. The van der Waals surface area contributed by atoms with E-state index < -0.39 is 0 Å². The molecule has 1 aromatic heterocycles. The van der Waals surface area contributed by atoms with E-state index in [1.165, 1.54) is 0 Å². The Kier molecular flexibility index (Phi) is 5.85. The first-order valence-electron chi connectivity index (χ1n) is 7.17. The SMILES string of the molecule is CCC(CSC)NC(=O)c1cn(C2CCNCC2)nn1. The number of piperidine rings is 1. The van der Waals surface area contributed by atoms with E-state index in [2.05, 4.69) is 27.9 Å². The van der Waals surface area contributed by atoms with Gasteiger partial charge in [0.05, 0.1) is 12.2 Å². The molecule has 1 amide bonds. The van der Waals surface area contributed by atoms with Crippen LogP contribution in [0.5, 0.6) is 0 Å². The van der Waals surface area contributed by atoms with E-state index in [0.717, 1.165) is 38.1 Å². The molecule has 20 heavy (non-hydrogen) atoms. The Labute approximate surface area is 124 Å². The van der Waals surface area contributed by atoms with E-state index >= 15 is 0 Å². The van der Waals surface area contributed by atoms with Crippen LogP contribution in [0.3, 0.4) is 0 Å². The number of nitrogens with one attached hydrogen (secondary N) is 2. The first-order chi connectivity index (χ1) is 9.74. The lowest BCUT2D eigenvalue weighted by atomic mass is 10.1. The summed E-state index contributed by atoms with van der Waals surface area (Å²) < 4.78 is 1.84. The van der Waals surface area contributed by atoms with Gasteiger partial charge in [0.15, 0.2) is 5.69 Å². The van der Waals surface area contributed by atoms with Gasteiger partial charge in [-0.3, -0.25) is 4.79 Å². The molecule has 1 aliphatic rings. The normalized spacial score (nSPS) is 17.9. The molecular weight excluding hydrogens is 274 g/mol. The van der Waals surface area contributed by atoms with Crippen molar-refractivity contribution in [1.29, 1.82) is 0 Å². The summed E-state index contributed by atoms with van der Waals surface area (Å²) in [5.74, 6) is 0.802. The van der Waals surface area contributed by atoms with Gasteiger partial charge in [0, 0.05) is 11.8 Å². The van der Waals surface area contributed by atoms with Crippen LogP contribution in [0, 0.1) is 0 Å². The average molecular weight is 297 g/mol. The Bertz CT molecular complexity index is 430. The molecule has 6 nitrogen and oxygen atoms in total. The van der Waals surface area contributed by atoms with Crippen molar-refractivity contribution < 1.29 is 4.79 Å². The second-order valence-electron chi connectivity index (χ2n) is 5.10. The molecule has 0 radical (unpaired) electrons. The van der Waals surface area contributed by atoms with Gasteiger partial charge in [-0.05, 0) is 38.6 Å². The van der Waals surface area contributed by atoms with Gasteiger partial charge in [-0.25, -0.2) is 4.68 Å². The Morgan fingerprint density at radius 3 is 3.00 bits per heavy atom. The third-order valence-corrected chi connectivity index (χ3v) is 4.36. The maximum absolute atomic E-state index is 12.1. The molecule has 0 saturated carbocycles. The van der Waals surface area contributed by atoms with E-state index in [1.807, 2.05) is 10.9 Å². The highest BCUT2D eigenvalue weighted by Gasteiger charge is 2.19. The smallest absolute Gasteiger partial charge is 0.273 e. The van der Waals surface area contributed by atoms with Crippen molar-refractivity contribution in [2.75, 3.05) is 25.1 Å². The molecule has 0 aromatic carbocycles. The summed E-state index contributed by atoms with van der Waals surface area (Å²) in [6.07, 6.45) is 6.82. The van der Waals surface area contributed by atoms with Crippen LogP contribution >= 0.6 is 11.8 Å². The van der Waals surface area contributed by atoms with Gasteiger partial charge in [-0.1, -0.05) is 12.1 Å². The maximum atomic E-state index is 12.1. The lowest BCUT2D eigenvalue weighted by Gasteiger charge is -2.22. The zero-order valence-electron chi connectivity index (χ0n) is 12.1.